The molecule has 0 saturated carbocycles. The molecule has 0 spiro atoms. The molecule has 1 heterocycles. The molecule has 126 valence electrons. The van der Waals surface area contributed by atoms with Crippen molar-refractivity contribution >= 4 is 36.4 Å². The lowest BCUT2D eigenvalue weighted by Crippen LogP contribution is -2.25. The van der Waals surface area contributed by atoms with Gasteiger partial charge in [0.05, 0.1) is 5.56 Å². The lowest BCUT2D eigenvalue weighted by atomic mass is 10.1. The molecule has 0 radical (unpaired) electrons. The SMILES string of the molecule is Cc1ccc(N)c(C(=O)NCCCCc2cccnc2)c1.Cl.Cl. The largest absolute Gasteiger partial charge is 0.398 e. The second-order valence-corrected chi connectivity index (χ2v) is 5.16. The van der Waals surface area contributed by atoms with Crippen molar-refractivity contribution in [2.75, 3.05) is 12.3 Å². The van der Waals surface area contributed by atoms with Gasteiger partial charge in [-0.15, -0.1) is 24.8 Å². The minimum absolute atomic E-state index is 0. The third-order valence-electron chi connectivity index (χ3n) is 3.35. The molecule has 23 heavy (non-hydrogen) atoms. The number of hydrogen-bond donors (Lipinski definition) is 2. The fourth-order valence-electron chi connectivity index (χ4n) is 2.16. The van der Waals surface area contributed by atoms with Gasteiger partial charge in [-0.25, -0.2) is 0 Å². The second kappa shape index (κ2) is 10.9. The normalized spacial score (nSPS) is 9.43. The van der Waals surface area contributed by atoms with Crippen LogP contribution in [0, 0.1) is 6.92 Å². The highest BCUT2D eigenvalue weighted by atomic mass is 35.5. The van der Waals surface area contributed by atoms with Crippen LogP contribution >= 0.6 is 24.8 Å². The van der Waals surface area contributed by atoms with E-state index in [-0.39, 0.29) is 30.7 Å². The van der Waals surface area contributed by atoms with Gasteiger partial charge in [-0.1, -0.05) is 17.7 Å². The first kappa shape index (κ1) is 21.2. The van der Waals surface area contributed by atoms with Gasteiger partial charge in [0.15, 0.2) is 0 Å². The van der Waals surface area contributed by atoms with Gasteiger partial charge in [0.2, 0.25) is 0 Å². The van der Waals surface area contributed by atoms with Crippen LogP contribution in [0.2, 0.25) is 0 Å². The molecule has 1 amide bonds. The summed E-state index contributed by atoms with van der Waals surface area (Å²) in [6.45, 7) is 2.61. The number of amides is 1. The van der Waals surface area contributed by atoms with Crippen LogP contribution < -0.4 is 11.1 Å². The molecule has 6 heteroatoms. The number of halogens is 2. The quantitative estimate of drug-likeness (QED) is 0.614. The topological polar surface area (TPSA) is 68.0 Å². The Kier molecular flexibility index (Phi) is 10.0. The molecule has 3 N–H and O–H groups in total. The molecule has 0 aliphatic carbocycles. The van der Waals surface area contributed by atoms with Crippen LogP contribution in [0.25, 0.3) is 0 Å². The van der Waals surface area contributed by atoms with Crippen LogP contribution in [0.5, 0.6) is 0 Å². The molecule has 1 aromatic carbocycles. The van der Waals surface area contributed by atoms with Gasteiger partial charge in [-0.3, -0.25) is 9.78 Å². The van der Waals surface area contributed by atoms with Gasteiger partial charge in [0.25, 0.3) is 5.91 Å². The van der Waals surface area contributed by atoms with Crippen molar-refractivity contribution in [3.8, 4) is 0 Å². The monoisotopic (exact) mass is 355 g/mol. The number of carbonyl (C=O) groups is 1. The Bertz CT molecular complexity index is 606. The molecular formula is C17H23Cl2N3O. The fraction of sp³-hybridized carbons (Fsp3) is 0.294. The average Bonchev–Trinajstić information content (AvgIpc) is 2.50. The Balaban J connectivity index is 0.00000242. The molecule has 0 fully saturated rings. The summed E-state index contributed by atoms with van der Waals surface area (Å²) in [6, 6.07) is 9.50. The predicted octanol–water partition coefficient (Wildman–Crippen LogP) is 3.57. The standard InChI is InChI=1S/C17H21N3O.2ClH/c1-13-7-8-16(18)15(11-13)17(21)20-10-3-2-5-14-6-4-9-19-12-14;;/h4,6-9,11-12H,2-3,5,10,18H2,1H3,(H,20,21);2*1H. The van der Waals surface area contributed by atoms with E-state index in [1.165, 1.54) is 5.56 Å². The van der Waals surface area contributed by atoms with Crippen LogP contribution in [0.15, 0.2) is 42.7 Å². The van der Waals surface area contributed by atoms with Crippen LogP contribution in [-0.4, -0.2) is 17.4 Å². The number of aryl methyl sites for hydroxylation is 2. The number of unbranched alkanes of at least 4 members (excludes halogenated alkanes) is 1. The van der Waals surface area contributed by atoms with E-state index in [0.717, 1.165) is 24.8 Å². The number of nitrogens with one attached hydrogen (secondary N) is 1. The second-order valence-electron chi connectivity index (χ2n) is 5.16. The summed E-state index contributed by atoms with van der Waals surface area (Å²) in [5.41, 5.74) is 9.17. The first-order chi connectivity index (χ1) is 10.2. The molecule has 0 bridgehead atoms. The Labute approximate surface area is 149 Å². The summed E-state index contributed by atoms with van der Waals surface area (Å²) >= 11 is 0. The summed E-state index contributed by atoms with van der Waals surface area (Å²) in [4.78, 5) is 16.1. The van der Waals surface area contributed by atoms with E-state index in [2.05, 4.69) is 16.4 Å². The summed E-state index contributed by atoms with van der Waals surface area (Å²) in [5, 5.41) is 2.92. The van der Waals surface area contributed by atoms with Gasteiger partial charge < -0.3 is 11.1 Å². The van der Waals surface area contributed by atoms with Crippen molar-refractivity contribution in [1.82, 2.24) is 10.3 Å². The van der Waals surface area contributed by atoms with Gasteiger partial charge >= 0.3 is 0 Å². The minimum atomic E-state index is -0.0995. The molecule has 1 aromatic heterocycles. The third kappa shape index (κ3) is 6.89. The van der Waals surface area contributed by atoms with Gasteiger partial charge in [0.1, 0.15) is 0 Å². The number of aromatic nitrogens is 1. The molecule has 0 aliphatic rings. The first-order valence-electron chi connectivity index (χ1n) is 7.20. The van der Waals surface area contributed by atoms with Crippen molar-refractivity contribution in [2.24, 2.45) is 0 Å². The van der Waals surface area contributed by atoms with Crippen molar-refractivity contribution < 1.29 is 4.79 Å². The number of nitrogens with two attached hydrogens (primary N) is 1. The molecule has 2 rings (SSSR count). The average molecular weight is 356 g/mol. The van der Waals surface area contributed by atoms with Crippen molar-refractivity contribution in [1.29, 1.82) is 0 Å². The molecule has 0 aliphatic heterocycles. The number of anilines is 1. The Morgan fingerprint density at radius 1 is 1.22 bits per heavy atom. The Hall–Kier alpha value is -1.78. The maximum Gasteiger partial charge on any atom is 0.253 e. The Morgan fingerprint density at radius 3 is 2.70 bits per heavy atom. The van der Waals surface area contributed by atoms with Gasteiger partial charge in [-0.05, 0) is 49.9 Å². The van der Waals surface area contributed by atoms with Crippen LogP contribution in [0.3, 0.4) is 0 Å². The zero-order chi connectivity index (χ0) is 15.1. The highest BCUT2D eigenvalue weighted by molar-refractivity contribution is 5.99. The van der Waals surface area contributed by atoms with E-state index in [0.29, 0.717) is 17.8 Å². The van der Waals surface area contributed by atoms with E-state index in [1.54, 1.807) is 12.3 Å². The molecule has 4 nitrogen and oxygen atoms in total. The summed E-state index contributed by atoms with van der Waals surface area (Å²) < 4.78 is 0. The lowest BCUT2D eigenvalue weighted by molar-refractivity contribution is 0.0954. The molecular weight excluding hydrogens is 333 g/mol. The maximum absolute atomic E-state index is 12.0. The molecule has 0 atom stereocenters. The smallest absolute Gasteiger partial charge is 0.253 e. The maximum atomic E-state index is 12.0. The number of nitrogen functional groups attached to an aromatic ring is 1. The molecule has 0 unspecified atom stereocenters. The van der Waals surface area contributed by atoms with E-state index in [4.69, 9.17) is 5.73 Å². The third-order valence-corrected chi connectivity index (χ3v) is 3.35. The lowest BCUT2D eigenvalue weighted by Gasteiger charge is -2.08. The first-order valence-corrected chi connectivity index (χ1v) is 7.20. The van der Waals surface area contributed by atoms with Crippen LogP contribution in [0.4, 0.5) is 5.69 Å². The van der Waals surface area contributed by atoms with Crippen molar-refractivity contribution in [2.45, 2.75) is 26.2 Å². The van der Waals surface area contributed by atoms with E-state index in [9.17, 15) is 4.79 Å². The summed E-state index contributed by atoms with van der Waals surface area (Å²) in [6.07, 6.45) is 6.60. The van der Waals surface area contributed by atoms with Gasteiger partial charge in [-0.2, -0.15) is 0 Å². The predicted molar refractivity (Wildman–Crippen MR) is 99.6 cm³/mol. The van der Waals surface area contributed by atoms with Gasteiger partial charge in [0, 0.05) is 24.6 Å². The number of carbonyl (C=O) groups excluding carboxylic acids is 1. The number of pyridine rings is 1. The minimum Gasteiger partial charge on any atom is -0.398 e. The molecule has 2 aromatic rings. The van der Waals surface area contributed by atoms with Crippen LogP contribution in [0.1, 0.15) is 34.3 Å². The van der Waals surface area contributed by atoms with E-state index >= 15 is 0 Å². The highest BCUT2D eigenvalue weighted by Crippen LogP contribution is 2.13. The van der Waals surface area contributed by atoms with E-state index in [1.807, 2.05) is 31.3 Å². The zero-order valence-electron chi connectivity index (χ0n) is 13.1. The Morgan fingerprint density at radius 2 is 2.00 bits per heavy atom. The number of rotatable bonds is 6. The fourth-order valence-corrected chi connectivity index (χ4v) is 2.16. The number of nitrogens with zero attached hydrogens (tertiary/aromatic N) is 1. The summed E-state index contributed by atoms with van der Waals surface area (Å²) in [5.74, 6) is -0.0995. The van der Waals surface area contributed by atoms with Crippen molar-refractivity contribution in [3.05, 3.63) is 59.4 Å². The summed E-state index contributed by atoms with van der Waals surface area (Å²) in [7, 11) is 0. The van der Waals surface area contributed by atoms with E-state index < -0.39 is 0 Å². The zero-order valence-corrected chi connectivity index (χ0v) is 14.8. The van der Waals surface area contributed by atoms with Crippen molar-refractivity contribution in [3.63, 3.8) is 0 Å². The number of benzene rings is 1. The number of hydrogen-bond acceptors (Lipinski definition) is 3. The highest BCUT2D eigenvalue weighted by Gasteiger charge is 2.08. The molecule has 0 saturated heterocycles. The van der Waals surface area contributed by atoms with Crippen LogP contribution in [-0.2, 0) is 6.42 Å².